The zero-order valence-electron chi connectivity index (χ0n) is 17.7. The van der Waals surface area contributed by atoms with Crippen molar-refractivity contribution in [1.82, 2.24) is 0 Å². The molecule has 0 aliphatic rings. The van der Waals surface area contributed by atoms with Gasteiger partial charge >= 0.3 is 5.97 Å². The van der Waals surface area contributed by atoms with Gasteiger partial charge in [-0.25, -0.2) is 13.2 Å². The van der Waals surface area contributed by atoms with E-state index in [1.165, 1.54) is 22.5 Å². The highest BCUT2D eigenvalue weighted by atomic mass is 35.5. The number of carbonyl (C=O) groups is 1. The second-order valence-electron chi connectivity index (χ2n) is 7.28. The van der Waals surface area contributed by atoms with Gasteiger partial charge in [0, 0.05) is 16.2 Å². The molecule has 0 aliphatic carbocycles. The molecule has 34 heavy (non-hydrogen) atoms. The summed E-state index contributed by atoms with van der Waals surface area (Å²) in [4.78, 5) is 14.4. The number of hydrogen-bond donors (Lipinski definition) is 0. The number of ether oxygens (including phenoxy) is 1. The van der Waals surface area contributed by atoms with E-state index in [-0.39, 0.29) is 10.5 Å². The summed E-state index contributed by atoms with van der Waals surface area (Å²) in [6.07, 6.45) is 2.76. The van der Waals surface area contributed by atoms with Gasteiger partial charge in [0.15, 0.2) is 9.84 Å². The first-order valence-corrected chi connectivity index (χ1v) is 14.7. The molecule has 0 aliphatic heterocycles. The molecule has 0 fully saturated rings. The second kappa shape index (κ2) is 10.3. The molecule has 0 spiro atoms. The van der Waals surface area contributed by atoms with Gasteiger partial charge < -0.3 is 4.74 Å². The van der Waals surface area contributed by atoms with Crippen LogP contribution in [0.4, 0.5) is 0 Å². The van der Waals surface area contributed by atoms with Gasteiger partial charge in [-0.05, 0) is 71.3 Å². The van der Waals surface area contributed by atoms with E-state index in [1.54, 1.807) is 58.9 Å². The highest BCUT2D eigenvalue weighted by Gasteiger charge is 2.17. The van der Waals surface area contributed by atoms with Crippen LogP contribution in [-0.4, -0.2) is 20.6 Å². The molecule has 1 heterocycles. The van der Waals surface area contributed by atoms with E-state index in [2.05, 4.69) is 0 Å². The van der Waals surface area contributed by atoms with Crippen LogP contribution in [0.25, 0.3) is 22.1 Å². The maximum atomic E-state index is 13.2. The molecular weight excluding hydrogens is 528 g/mol. The molecule has 4 aromatic rings. The smallest absolute Gasteiger partial charge is 0.344 e. The minimum atomic E-state index is -3.37. The standard InChI is InChI=1S/C25H17ClO4S4/c1-34(28,29)20-12-8-16(9-13-20)21(14-18-4-2-3-5-22(18)26)25(27)30-19-10-6-17(7-11-19)23-15-24(31)33-32-23/h2-15H,1H3/b21-14+. The molecule has 0 saturated heterocycles. The Morgan fingerprint density at radius 1 is 0.971 bits per heavy atom. The van der Waals surface area contributed by atoms with Gasteiger partial charge in [-0.2, -0.15) is 0 Å². The van der Waals surface area contributed by atoms with Crippen molar-refractivity contribution >= 4 is 72.0 Å². The Kier molecular flexibility index (Phi) is 7.45. The molecule has 0 radical (unpaired) electrons. The Morgan fingerprint density at radius 2 is 1.65 bits per heavy atom. The van der Waals surface area contributed by atoms with Crippen molar-refractivity contribution in [2.75, 3.05) is 6.26 Å². The maximum absolute atomic E-state index is 13.2. The van der Waals surface area contributed by atoms with Crippen LogP contribution >= 0.6 is 44.5 Å². The number of rotatable bonds is 6. The molecule has 9 heteroatoms. The SMILES string of the molecule is CS(=O)(=O)c1ccc(/C(=C\c2ccccc2Cl)C(=O)Oc2ccc(-c3cc(=S)ss3)cc2)cc1. The van der Waals surface area contributed by atoms with Crippen molar-refractivity contribution in [2.24, 2.45) is 0 Å². The van der Waals surface area contributed by atoms with E-state index in [4.69, 9.17) is 28.6 Å². The van der Waals surface area contributed by atoms with Gasteiger partial charge in [0.05, 0.1) is 10.5 Å². The monoisotopic (exact) mass is 544 g/mol. The van der Waals surface area contributed by atoms with E-state index >= 15 is 0 Å². The lowest BCUT2D eigenvalue weighted by Gasteiger charge is -2.10. The van der Waals surface area contributed by atoms with E-state index in [9.17, 15) is 13.2 Å². The molecular formula is C25H17ClO4S4. The third kappa shape index (κ3) is 5.89. The van der Waals surface area contributed by atoms with Crippen LogP contribution in [0.5, 0.6) is 5.75 Å². The number of sulfone groups is 1. The van der Waals surface area contributed by atoms with Crippen LogP contribution in [0.2, 0.25) is 5.02 Å². The van der Waals surface area contributed by atoms with Crippen molar-refractivity contribution in [2.45, 2.75) is 4.90 Å². The molecule has 0 atom stereocenters. The van der Waals surface area contributed by atoms with E-state index in [0.29, 0.717) is 21.9 Å². The first-order valence-electron chi connectivity index (χ1n) is 9.90. The van der Waals surface area contributed by atoms with Gasteiger partial charge in [-0.3, -0.25) is 0 Å². The average Bonchev–Trinajstić information content (AvgIpc) is 3.25. The Hall–Kier alpha value is -2.62. The fourth-order valence-electron chi connectivity index (χ4n) is 3.11. The lowest BCUT2D eigenvalue weighted by molar-refractivity contribution is -0.127. The molecule has 1 aromatic heterocycles. The third-order valence-corrected chi connectivity index (χ3v) is 9.21. The van der Waals surface area contributed by atoms with Crippen molar-refractivity contribution in [3.8, 4) is 16.2 Å². The summed E-state index contributed by atoms with van der Waals surface area (Å²) in [7, 11) is -0.236. The first kappa shape index (κ1) is 24.5. The van der Waals surface area contributed by atoms with Crippen LogP contribution in [0, 0.1) is 3.82 Å². The lowest BCUT2D eigenvalue weighted by Crippen LogP contribution is -2.11. The van der Waals surface area contributed by atoms with Crippen molar-refractivity contribution in [1.29, 1.82) is 0 Å². The molecule has 0 bridgehead atoms. The van der Waals surface area contributed by atoms with E-state index in [1.807, 2.05) is 24.3 Å². The van der Waals surface area contributed by atoms with Crippen LogP contribution < -0.4 is 4.74 Å². The van der Waals surface area contributed by atoms with Crippen LogP contribution in [0.1, 0.15) is 11.1 Å². The Balaban J connectivity index is 1.66. The largest absolute Gasteiger partial charge is 0.423 e. The molecule has 0 saturated carbocycles. The summed E-state index contributed by atoms with van der Waals surface area (Å²) in [5.41, 5.74) is 2.37. The van der Waals surface area contributed by atoms with Crippen LogP contribution in [0.3, 0.4) is 0 Å². The number of carbonyl (C=O) groups excluding carboxylic acids is 1. The summed E-state index contributed by atoms with van der Waals surface area (Å²) in [5, 5.41) is 0.475. The Bertz CT molecular complexity index is 1530. The Morgan fingerprint density at radius 3 is 2.24 bits per heavy atom. The fourth-order valence-corrected chi connectivity index (χ4v) is 6.33. The molecule has 0 amide bonds. The van der Waals surface area contributed by atoms with Crippen molar-refractivity contribution in [3.63, 3.8) is 0 Å². The second-order valence-corrected chi connectivity index (χ2v) is 12.6. The predicted molar refractivity (Wildman–Crippen MR) is 143 cm³/mol. The third-order valence-electron chi connectivity index (χ3n) is 4.83. The number of esters is 1. The van der Waals surface area contributed by atoms with Gasteiger partial charge in [0.25, 0.3) is 0 Å². The first-order chi connectivity index (χ1) is 16.2. The number of halogens is 1. The molecule has 4 nitrogen and oxygen atoms in total. The van der Waals surface area contributed by atoms with Gasteiger partial charge in [-0.1, -0.05) is 74.8 Å². The normalized spacial score (nSPS) is 11.9. The van der Waals surface area contributed by atoms with E-state index < -0.39 is 15.8 Å². The number of hydrogen-bond acceptors (Lipinski definition) is 7. The summed E-state index contributed by atoms with van der Waals surface area (Å²) >= 11 is 11.5. The molecule has 4 rings (SSSR count). The number of benzene rings is 3. The van der Waals surface area contributed by atoms with Gasteiger partial charge in [-0.15, -0.1) is 0 Å². The summed E-state index contributed by atoms with van der Waals surface area (Å²) in [6.45, 7) is 0. The summed E-state index contributed by atoms with van der Waals surface area (Å²) in [5.74, 6) is -0.212. The maximum Gasteiger partial charge on any atom is 0.344 e. The van der Waals surface area contributed by atoms with Crippen LogP contribution in [0.15, 0.2) is 83.8 Å². The van der Waals surface area contributed by atoms with Gasteiger partial charge in [0.1, 0.15) is 9.57 Å². The lowest BCUT2D eigenvalue weighted by atomic mass is 10.0. The Labute approximate surface area is 215 Å². The van der Waals surface area contributed by atoms with Crippen LogP contribution in [-0.2, 0) is 14.6 Å². The van der Waals surface area contributed by atoms with Gasteiger partial charge in [0.2, 0.25) is 0 Å². The quantitative estimate of drug-likeness (QED) is 0.0631. The molecule has 3 aromatic carbocycles. The predicted octanol–water partition coefficient (Wildman–Crippen LogP) is 7.41. The zero-order chi connectivity index (χ0) is 24.3. The minimum Gasteiger partial charge on any atom is -0.423 e. The summed E-state index contributed by atoms with van der Waals surface area (Å²) in [6, 6.07) is 22.3. The van der Waals surface area contributed by atoms with Crippen molar-refractivity contribution < 1.29 is 17.9 Å². The van der Waals surface area contributed by atoms with E-state index in [0.717, 1.165) is 20.5 Å². The highest BCUT2D eigenvalue weighted by molar-refractivity contribution is 7.90. The highest BCUT2D eigenvalue weighted by Crippen LogP contribution is 2.31. The fraction of sp³-hybridized carbons (Fsp3) is 0.0400. The molecule has 172 valence electrons. The average molecular weight is 545 g/mol. The molecule has 0 unspecified atom stereocenters. The minimum absolute atomic E-state index is 0.161. The summed E-state index contributed by atoms with van der Waals surface area (Å²) < 4.78 is 30.1. The zero-order valence-corrected chi connectivity index (χ0v) is 21.7. The molecule has 0 N–H and O–H groups in total. The van der Waals surface area contributed by atoms with Crippen molar-refractivity contribution in [3.05, 3.63) is 98.8 Å². The topological polar surface area (TPSA) is 60.4 Å².